The number of aromatic nitrogens is 2. The fraction of sp³-hybridized carbons (Fsp3) is 0.423. The van der Waals surface area contributed by atoms with Crippen LogP contribution in [0.15, 0.2) is 59.5 Å². The number of aliphatic imine (C=N–C) groups is 1. The molecule has 0 saturated carbocycles. The van der Waals surface area contributed by atoms with Crippen LogP contribution < -0.4 is 10.6 Å². The van der Waals surface area contributed by atoms with Gasteiger partial charge in [-0.15, -0.1) is 5.10 Å². The van der Waals surface area contributed by atoms with Crippen molar-refractivity contribution < 1.29 is 10.2 Å². The van der Waals surface area contributed by atoms with Crippen LogP contribution in [0.25, 0.3) is 0 Å². The van der Waals surface area contributed by atoms with E-state index in [-0.39, 0.29) is 6.04 Å². The first-order chi connectivity index (χ1) is 16.2. The minimum Gasteiger partial charge on any atom is -0.402 e. The Morgan fingerprint density at radius 1 is 1.24 bits per heavy atom. The number of aliphatic hydroxyl groups excluding tert-OH is 1. The monoisotopic (exact) mass is 464 g/mol. The summed E-state index contributed by atoms with van der Waals surface area (Å²) in [6, 6.07) is 10.4. The molecule has 0 aliphatic carbocycles. The highest BCUT2D eigenvalue weighted by Crippen LogP contribution is 2.26. The van der Waals surface area contributed by atoms with Gasteiger partial charge in [0.05, 0.1) is 12.3 Å². The third-order valence-corrected chi connectivity index (χ3v) is 6.53. The van der Waals surface area contributed by atoms with Crippen LogP contribution in [0.4, 0.5) is 5.82 Å². The quantitative estimate of drug-likeness (QED) is 0.514. The Hall–Kier alpha value is -3.23. The maximum Gasteiger partial charge on any atom is 0.154 e. The molecule has 0 radical (unpaired) electrons. The van der Waals surface area contributed by atoms with Crippen molar-refractivity contribution in [1.29, 1.82) is 0 Å². The Kier molecular flexibility index (Phi) is 8.06. The second-order valence-electron chi connectivity index (χ2n) is 9.11. The molecule has 1 aromatic carbocycles. The van der Waals surface area contributed by atoms with Gasteiger partial charge < -0.3 is 25.7 Å². The molecule has 0 spiro atoms. The van der Waals surface area contributed by atoms with Crippen LogP contribution >= 0.6 is 0 Å². The number of piperazine rings is 1. The summed E-state index contributed by atoms with van der Waals surface area (Å²) in [7, 11) is 0. The van der Waals surface area contributed by atoms with Gasteiger partial charge in [0.25, 0.3) is 0 Å². The summed E-state index contributed by atoms with van der Waals surface area (Å²) in [4.78, 5) is 8.81. The molecule has 2 atom stereocenters. The minimum absolute atomic E-state index is 0.123. The number of rotatable bonds is 8. The van der Waals surface area contributed by atoms with Crippen molar-refractivity contribution in [3.63, 3.8) is 0 Å². The van der Waals surface area contributed by atoms with Crippen molar-refractivity contribution in [3.05, 3.63) is 76.9 Å². The van der Waals surface area contributed by atoms with Gasteiger partial charge in [0.15, 0.2) is 5.82 Å². The first-order valence-corrected chi connectivity index (χ1v) is 11.5. The predicted octanol–water partition coefficient (Wildman–Crippen LogP) is 2.32. The van der Waals surface area contributed by atoms with Gasteiger partial charge in [-0.3, -0.25) is 0 Å². The van der Waals surface area contributed by atoms with E-state index in [9.17, 15) is 10.2 Å². The number of anilines is 1. The van der Waals surface area contributed by atoms with Crippen molar-refractivity contribution in [2.24, 2.45) is 10.7 Å². The maximum atomic E-state index is 10.1. The standard InChI is InChI=1S/C26H36N6O2/c1-18(26(5,34)17-33)15-28-24(14-27)32-12-11-31(16-19(32)2)25-21(4)20(3)23(29-30-25)13-22-9-7-6-8-10-22/h6-10,14-15,19,33-34H,1,11-13,16-17,27H2,2-5H3/b24-14+,28-15-/t19-,26?/m1/s1. The number of hydrogen-bond acceptors (Lipinski definition) is 8. The number of hydrogen-bond donors (Lipinski definition) is 3. The average molecular weight is 465 g/mol. The largest absolute Gasteiger partial charge is 0.402 e. The number of nitrogens with two attached hydrogens (primary N) is 1. The van der Waals surface area contributed by atoms with Gasteiger partial charge in [0.1, 0.15) is 11.4 Å². The Morgan fingerprint density at radius 2 is 1.94 bits per heavy atom. The zero-order chi connectivity index (χ0) is 24.9. The molecule has 0 amide bonds. The van der Waals surface area contributed by atoms with Crippen LogP contribution in [0, 0.1) is 13.8 Å². The summed E-state index contributed by atoms with van der Waals surface area (Å²) in [6.07, 6.45) is 3.68. The van der Waals surface area contributed by atoms with E-state index in [0.717, 1.165) is 36.6 Å². The third kappa shape index (κ3) is 5.63. The van der Waals surface area contributed by atoms with Crippen LogP contribution in [-0.4, -0.2) is 69.4 Å². The topological polar surface area (TPSA) is 111 Å². The van der Waals surface area contributed by atoms with Gasteiger partial charge in [-0.25, -0.2) is 4.99 Å². The molecule has 1 saturated heterocycles. The van der Waals surface area contributed by atoms with Crippen molar-refractivity contribution in [3.8, 4) is 0 Å². The molecule has 34 heavy (non-hydrogen) atoms. The van der Waals surface area contributed by atoms with Gasteiger partial charge in [0.2, 0.25) is 0 Å². The second kappa shape index (κ2) is 10.8. The summed E-state index contributed by atoms with van der Waals surface area (Å²) in [6.45, 7) is 13.4. The highest BCUT2D eigenvalue weighted by atomic mass is 16.3. The van der Waals surface area contributed by atoms with Crippen molar-refractivity contribution in [1.82, 2.24) is 15.1 Å². The smallest absolute Gasteiger partial charge is 0.154 e. The number of benzene rings is 1. The Balaban J connectivity index is 1.71. The lowest BCUT2D eigenvalue weighted by Gasteiger charge is -2.41. The fourth-order valence-electron chi connectivity index (χ4n) is 3.99. The van der Waals surface area contributed by atoms with Gasteiger partial charge in [-0.05, 0) is 50.0 Å². The highest BCUT2D eigenvalue weighted by molar-refractivity contribution is 5.81. The van der Waals surface area contributed by atoms with Crippen LogP contribution in [0.3, 0.4) is 0 Å². The normalized spacial score (nSPS) is 18.9. The summed E-state index contributed by atoms with van der Waals surface area (Å²) < 4.78 is 0. The molecule has 1 aliphatic heterocycles. The number of aliphatic hydroxyl groups is 2. The minimum atomic E-state index is -1.42. The maximum absolute atomic E-state index is 10.1. The molecule has 4 N–H and O–H groups in total. The molecule has 8 heteroatoms. The molecule has 3 rings (SSSR count). The molecule has 8 nitrogen and oxygen atoms in total. The van der Waals surface area contributed by atoms with Gasteiger partial charge in [-0.2, -0.15) is 5.10 Å². The van der Waals surface area contributed by atoms with E-state index in [1.807, 2.05) is 18.2 Å². The van der Waals surface area contributed by atoms with Crippen molar-refractivity contribution in [2.45, 2.75) is 45.8 Å². The van der Waals surface area contributed by atoms with Gasteiger partial charge >= 0.3 is 0 Å². The Labute approximate surface area is 202 Å². The van der Waals surface area contributed by atoms with Crippen LogP contribution in [0.5, 0.6) is 0 Å². The molecule has 1 unspecified atom stereocenters. The SMILES string of the molecule is C=C(/C=N\C(=C/N)N1CCN(c2nnc(Cc3ccccc3)c(C)c2C)C[C@H]1C)C(C)(O)CO. The zero-order valence-corrected chi connectivity index (χ0v) is 20.6. The first kappa shape index (κ1) is 25.4. The Morgan fingerprint density at radius 3 is 2.56 bits per heavy atom. The summed E-state index contributed by atoms with van der Waals surface area (Å²) in [5.74, 6) is 1.51. The van der Waals surface area contributed by atoms with Gasteiger partial charge in [0, 0.05) is 44.5 Å². The van der Waals surface area contributed by atoms with E-state index in [1.54, 1.807) is 0 Å². The van der Waals surface area contributed by atoms with Crippen molar-refractivity contribution >= 4 is 12.0 Å². The lowest BCUT2D eigenvalue weighted by Crippen LogP contribution is -2.51. The molecule has 2 aromatic rings. The molecule has 2 heterocycles. The van der Waals surface area contributed by atoms with E-state index in [0.29, 0.717) is 17.9 Å². The molecule has 182 valence electrons. The zero-order valence-electron chi connectivity index (χ0n) is 20.6. The molecule has 1 fully saturated rings. The lowest BCUT2D eigenvalue weighted by molar-refractivity contribution is 0.0389. The van der Waals surface area contributed by atoms with E-state index >= 15 is 0 Å². The fourth-order valence-corrected chi connectivity index (χ4v) is 3.99. The van der Waals surface area contributed by atoms with Gasteiger partial charge in [-0.1, -0.05) is 36.9 Å². The molecule has 1 aromatic heterocycles. The lowest BCUT2D eigenvalue weighted by atomic mass is 10.00. The summed E-state index contributed by atoms with van der Waals surface area (Å²) in [5, 5.41) is 28.6. The van der Waals surface area contributed by atoms with Crippen LogP contribution in [0.1, 0.15) is 36.2 Å². The molecule has 1 aliphatic rings. The number of nitrogens with zero attached hydrogens (tertiary/aromatic N) is 5. The average Bonchev–Trinajstić information content (AvgIpc) is 2.83. The third-order valence-electron chi connectivity index (χ3n) is 6.53. The van der Waals surface area contributed by atoms with Crippen LogP contribution in [-0.2, 0) is 6.42 Å². The van der Waals surface area contributed by atoms with E-state index in [2.05, 4.69) is 64.5 Å². The molecule has 0 bridgehead atoms. The summed E-state index contributed by atoms with van der Waals surface area (Å²) in [5.41, 5.74) is 9.31. The predicted molar refractivity (Wildman–Crippen MR) is 137 cm³/mol. The summed E-state index contributed by atoms with van der Waals surface area (Å²) >= 11 is 0. The van der Waals surface area contributed by atoms with Crippen molar-refractivity contribution in [2.75, 3.05) is 31.1 Å². The highest BCUT2D eigenvalue weighted by Gasteiger charge is 2.28. The first-order valence-electron chi connectivity index (χ1n) is 11.5. The second-order valence-corrected chi connectivity index (χ2v) is 9.11. The van der Waals surface area contributed by atoms with E-state index < -0.39 is 12.2 Å². The Bertz CT molecular complexity index is 1060. The van der Waals surface area contributed by atoms with E-state index in [4.69, 9.17) is 5.73 Å². The molecular weight excluding hydrogens is 428 g/mol. The molecular formula is C26H36N6O2. The van der Waals surface area contributed by atoms with E-state index in [1.165, 1.54) is 30.5 Å². The van der Waals surface area contributed by atoms with Crippen LogP contribution in [0.2, 0.25) is 0 Å².